The van der Waals surface area contributed by atoms with Gasteiger partial charge in [-0.1, -0.05) is 0 Å². The van der Waals surface area contributed by atoms with E-state index in [4.69, 9.17) is 5.73 Å². The number of likely N-dealkylation sites (tertiary alicyclic amines) is 1. The maximum atomic E-state index is 12.2. The number of anilines is 1. The van der Waals surface area contributed by atoms with Crippen LogP contribution < -0.4 is 11.1 Å². The zero-order chi connectivity index (χ0) is 15.6. The van der Waals surface area contributed by atoms with Crippen LogP contribution >= 0.6 is 0 Å². The molecule has 1 aliphatic heterocycles. The van der Waals surface area contributed by atoms with Crippen molar-refractivity contribution in [1.29, 1.82) is 0 Å². The first-order valence-electron chi connectivity index (χ1n) is 7.72. The average Bonchev–Trinajstić information content (AvgIpc) is 2.69. The summed E-state index contributed by atoms with van der Waals surface area (Å²) in [6.45, 7) is 10.3. The monoisotopic (exact) mass is 293 g/mol. The SMILES string of the molecule is Cc1nn(C(C)C)c(C)c1NC(=O)CN1CCC(N)CC1. The third kappa shape index (κ3) is 3.83. The molecule has 1 amide bonds. The van der Waals surface area contributed by atoms with Gasteiger partial charge in [-0.2, -0.15) is 5.10 Å². The van der Waals surface area contributed by atoms with E-state index in [0.29, 0.717) is 6.54 Å². The topological polar surface area (TPSA) is 76.2 Å². The van der Waals surface area contributed by atoms with Gasteiger partial charge in [0.15, 0.2) is 0 Å². The van der Waals surface area contributed by atoms with Gasteiger partial charge in [0.05, 0.1) is 23.6 Å². The molecular weight excluding hydrogens is 266 g/mol. The molecule has 2 rings (SSSR count). The lowest BCUT2D eigenvalue weighted by Gasteiger charge is -2.29. The molecule has 0 unspecified atom stereocenters. The van der Waals surface area contributed by atoms with Crippen LogP contribution in [-0.4, -0.2) is 46.3 Å². The van der Waals surface area contributed by atoms with Crippen LogP contribution in [0.5, 0.6) is 0 Å². The van der Waals surface area contributed by atoms with Crippen molar-refractivity contribution in [2.45, 2.75) is 52.6 Å². The molecule has 3 N–H and O–H groups in total. The zero-order valence-corrected chi connectivity index (χ0v) is 13.5. The van der Waals surface area contributed by atoms with Crippen molar-refractivity contribution in [3.63, 3.8) is 0 Å². The molecule has 21 heavy (non-hydrogen) atoms. The van der Waals surface area contributed by atoms with E-state index in [1.807, 2.05) is 18.5 Å². The summed E-state index contributed by atoms with van der Waals surface area (Å²) < 4.78 is 1.95. The summed E-state index contributed by atoms with van der Waals surface area (Å²) in [5.41, 5.74) is 8.61. The summed E-state index contributed by atoms with van der Waals surface area (Å²) in [5.74, 6) is 0.0278. The van der Waals surface area contributed by atoms with Crippen LogP contribution in [0.15, 0.2) is 0 Å². The molecule has 1 saturated heterocycles. The lowest BCUT2D eigenvalue weighted by atomic mass is 10.1. The van der Waals surface area contributed by atoms with Gasteiger partial charge in [-0.05, 0) is 40.5 Å². The summed E-state index contributed by atoms with van der Waals surface area (Å²) in [5, 5.41) is 7.51. The van der Waals surface area contributed by atoms with E-state index in [1.165, 1.54) is 0 Å². The van der Waals surface area contributed by atoms with Gasteiger partial charge in [-0.3, -0.25) is 14.4 Å². The number of aromatic nitrogens is 2. The minimum Gasteiger partial charge on any atom is -0.328 e. The maximum absolute atomic E-state index is 12.2. The average molecular weight is 293 g/mol. The Hall–Kier alpha value is -1.40. The first-order chi connectivity index (χ1) is 9.88. The number of nitrogens with two attached hydrogens (primary N) is 1. The molecule has 6 heteroatoms. The molecule has 1 aromatic rings. The van der Waals surface area contributed by atoms with Crippen molar-refractivity contribution in [1.82, 2.24) is 14.7 Å². The van der Waals surface area contributed by atoms with E-state index < -0.39 is 0 Å². The maximum Gasteiger partial charge on any atom is 0.238 e. The minimum absolute atomic E-state index is 0.0278. The second-order valence-electron chi connectivity index (χ2n) is 6.25. The number of nitrogens with zero attached hydrogens (tertiary/aromatic N) is 3. The highest BCUT2D eigenvalue weighted by molar-refractivity contribution is 5.93. The molecule has 0 aliphatic carbocycles. The van der Waals surface area contributed by atoms with Gasteiger partial charge in [0.2, 0.25) is 5.91 Å². The number of piperidine rings is 1. The van der Waals surface area contributed by atoms with Crippen molar-refractivity contribution in [2.75, 3.05) is 25.0 Å². The summed E-state index contributed by atoms with van der Waals surface area (Å²) in [7, 11) is 0. The second-order valence-corrected chi connectivity index (χ2v) is 6.25. The third-order valence-corrected chi connectivity index (χ3v) is 4.08. The summed E-state index contributed by atoms with van der Waals surface area (Å²) >= 11 is 0. The standard InChI is InChI=1S/C15H27N5O/c1-10(2)20-12(4)15(11(3)18-20)17-14(21)9-19-7-5-13(16)6-8-19/h10,13H,5-9,16H2,1-4H3,(H,17,21). The van der Waals surface area contributed by atoms with Gasteiger partial charge in [-0.15, -0.1) is 0 Å². The molecule has 118 valence electrons. The molecule has 6 nitrogen and oxygen atoms in total. The fraction of sp³-hybridized carbons (Fsp3) is 0.733. The molecule has 0 atom stereocenters. The van der Waals surface area contributed by atoms with Crippen molar-refractivity contribution in [3.05, 3.63) is 11.4 Å². The number of carbonyl (C=O) groups excluding carboxylic acids is 1. The number of hydrogen-bond acceptors (Lipinski definition) is 4. The van der Waals surface area contributed by atoms with Crippen LogP contribution in [-0.2, 0) is 4.79 Å². The van der Waals surface area contributed by atoms with Crippen LogP contribution in [0.3, 0.4) is 0 Å². The predicted octanol–water partition coefficient (Wildman–Crippen LogP) is 1.44. The Morgan fingerprint density at radius 3 is 2.52 bits per heavy atom. The first-order valence-corrected chi connectivity index (χ1v) is 7.72. The Bertz CT molecular complexity index is 500. The molecule has 0 aromatic carbocycles. The quantitative estimate of drug-likeness (QED) is 0.881. The molecule has 0 spiro atoms. The zero-order valence-electron chi connectivity index (χ0n) is 13.5. The largest absolute Gasteiger partial charge is 0.328 e. The first kappa shape index (κ1) is 16.0. The molecule has 0 saturated carbocycles. The molecule has 0 bridgehead atoms. The third-order valence-electron chi connectivity index (χ3n) is 4.08. The lowest BCUT2D eigenvalue weighted by Crippen LogP contribution is -2.43. The van der Waals surface area contributed by atoms with Gasteiger partial charge in [-0.25, -0.2) is 0 Å². The number of aryl methyl sites for hydroxylation is 1. The summed E-state index contributed by atoms with van der Waals surface area (Å²) in [4.78, 5) is 14.4. The smallest absolute Gasteiger partial charge is 0.238 e. The van der Waals surface area contributed by atoms with Gasteiger partial charge in [0, 0.05) is 25.2 Å². The van der Waals surface area contributed by atoms with Crippen LogP contribution in [0.25, 0.3) is 0 Å². The van der Waals surface area contributed by atoms with E-state index in [2.05, 4.69) is 29.2 Å². The lowest BCUT2D eigenvalue weighted by molar-refractivity contribution is -0.117. The molecule has 1 fully saturated rings. The van der Waals surface area contributed by atoms with Crippen molar-refractivity contribution in [3.8, 4) is 0 Å². The normalized spacial score (nSPS) is 17.4. The van der Waals surface area contributed by atoms with Crippen LogP contribution in [0.1, 0.15) is 44.1 Å². The van der Waals surface area contributed by atoms with Crippen molar-refractivity contribution in [2.24, 2.45) is 5.73 Å². The number of nitrogens with one attached hydrogen (secondary N) is 1. The fourth-order valence-electron chi connectivity index (χ4n) is 2.84. The van der Waals surface area contributed by atoms with E-state index in [1.54, 1.807) is 0 Å². The Morgan fingerprint density at radius 1 is 1.38 bits per heavy atom. The van der Waals surface area contributed by atoms with Gasteiger partial charge < -0.3 is 11.1 Å². The molecule has 0 radical (unpaired) electrons. The van der Waals surface area contributed by atoms with Crippen LogP contribution in [0.2, 0.25) is 0 Å². The Balaban J connectivity index is 1.97. The van der Waals surface area contributed by atoms with Gasteiger partial charge in [0.25, 0.3) is 0 Å². The Morgan fingerprint density at radius 2 is 2.00 bits per heavy atom. The molecule has 2 heterocycles. The van der Waals surface area contributed by atoms with E-state index in [-0.39, 0.29) is 18.0 Å². The number of hydrogen-bond donors (Lipinski definition) is 2. The summed E-state index contributed by atoms with van der Waals surface area (Å²) in [6.07, 6.45) is 1.94. The number of carbonyl (C=O) groups is 1. The van der Waals surface area contributed by atoms with E-state index in [9.17, 15) is 4.79 Å². The highest BCUT2D eigenvalue weighted by Gasteiger charge is 2.20. The molecule has 1 aliphatic rings. The molecular formula is C15H27N5O. The minimum atomic E-state index is 0.0278. The van der Waals surface area contributed by atoms with Gasteiger partial charge >= 0.3 is 0 Å². The fourth-order valence-corrected chi connectivity index (χ4v) is 2.84. The highest BCUT2D eigenvalue weighted by atomic mass is 16.2. The Kier molecular flexibility index (Phi) is 5.00. The molecule has 1 aromatic heterocycles. The predicted molar refractivity (Wildman–Crippen MR) is 84.4 cm³/mol. The summed E-state index contributed by atoms with van der Waals surface area (Å²) in [6, 6.07) is 0.580. The van der Waals surface area contributed by atoms with Gasteiger partial charge in [0.1, 0.15) is 0 Å². The van der Waals surface area contributed by atoms with Crippen molar-refractivity contribution >= 4 is 11.6 Å². The Labute approximate surface area is 126 Å². The number of rotatable bonds is 4. The van der Waals surface area contributed by atoms with E-state index in [0.717, 1.165) is 43.0 Å². The van der Waals surface area contributed by atoms with Crippen LogP contribution in [0.4, 0.5) is 5.69 Å². The highest BCUT2D eigenvalue weighted by Crippen LogP contribution is 2.22. The van der Waals surface area contributed by atoms with Crippen molar-refractivity contribution < 1.29 is 4.79 Å². The number of amides is 1. The van der Waals surface area contributed by atoms with E-state index >= 15 is 0 Å². The van der Waals surface area contributed by atoms with Crippen LogP contribution in [0, 0.1) is 13.8 Å². The second kappa shape index (κ2) is 6.58.